The van der Waals surface area contributed by atoms with Crippen LogP contribution in [0.25, 0.3) is 0 Å². The predicted molar refractivity (Wildman–Crippen MR) is 80.1 cm³/mol. The molecule has 0 aliphatic heterocycles. The van der Waals surface area contributed by atoms with Gasteiger partial charge in [-0.1, -0.05) is 0 Å². The van der Waals surface area contributed by atoms with Gasteiger partial charge in [0, 0.05) is 15.7 Å². The Kier molecular flexibility index (Phi) is 5.30. The standard InChI is InChI=1S/C14H18BrF3N2O/c1-8(12(21)20-13(2,3)4)19-11-7-9(14(16,17)18)5-6-10(11)15/h5-8,19H,1-4H3,(H,20,21). The van der Waals surface area contributed by atoms with Crippen molar-refractivity contribution >= 4 is 27.5 Å². The third-order valence-electron chi connectivity index (χ3n) is 2.56. The molecule has 0 saturated heterocycles. The van der Waals surface area contributed by atoms with Crippen molar-refractivity contribution in [3.8, 4) is 0 Å². The number of amides is 1. The highest BCUT2D eigenvalue weighted by Gasteiger charge is 2.31. The van der Waals surface area contributed by atoms with Crippen molar-refractivity contribution in [2.45, 2.75) is 45.5 Å². The molecule has 3 nitrogen and oxygen atoms in total. The molecule has 7 heteroatoms. The maximum atomic E-state index is 12.7. The number of halogens is 4. The Morgan fingerprint density at radius 1 is 1.24 bits per heavy atom. The van der Waals surface area contributed by atoms with Crippen LogP contribution >= 0.6 is 15.9 Å². The van der Waals surface area contributed by atoms with E-state index in [9.17, 15) is 18.0 Å². The molecule has 1 amide bonds. The van der Waals surface area contributed by atoms with Gasteiger partial charge in [-0.2, -0.15) is 13.2 Å². The summed E-state index contributed by atoms with van der Waals surface area (Å²) in [6.07, 6.45) is -4.42. The molecular formula is C14H18BrF3N2O. The van der Waals surface area contributed by atoms with E-state index in [0.717, 1.165) is 12.1 Å². The molecule has 0 bridgehead atoms. The van der Waals surface area contributed by atoms with Crippen LogP contribution in [-0.2, 0) is 11.0 Å². The van der Waals surface area contributed by atoms with E-state index in [2.05, 4.69) is 26.6 Å². The topological polar surface area (TPSA) is 41.1 Å². The first-order valence-electron chi connectivity index (χ1n) is 6.35. The monoisotopic (exact) mass is 366 g/mol. The number of rotatable bonds is 3. The molecule has 0 spiro atoms. The minimum Gasteiger partial charge on any atom is -0.373 e. The first-order valence-corrected chi connectivity index (χ1v) is 7.15. The molecular weight excluding hydrogens is 349 g/mol. The summed E-state index contributed by atoms with van der Waals surface area (Å²) in [6, 6.07) is 2.60. The van der Waals surface area contributed by atoms with Crippen molar-refractivity contribution in [2.24, 2.45) is 0 Å². The lowest BCUT2D eigenvalue weighted by atomic mass is 10.1. The molecule has 118 valence electrons. The molecule has 1 aromatic carbocycles. The molecule has 0 radical (unpaired) electrons. The Hall–Kier alpha value is -1.24. The van der Waals surface area contributed by atoms with Gasteiger partial charge in [-0.3, -0.25) is 4.79 Å². The summed E-state index contributed by atoms with van der Waals surface area (Å²) in [5.41, 5.74) is -0.948. The number of hydrogen-bond acceptors (Lipinski definition) is 2. The van der Waals surface area contributed by atoms with E-state index in [-0.39, 0.29) is 11.6 Å². The number of carbonyl (C=O) groups is 1. The van der Waals surface area contributed by atoms with Gasteiger partial charge in [0.05, 0.1) is 5.56 Å². The van der Waals surface area contributed by atoms with Gasteiger partial charge in [0.2, 0.25) is 5.91 Å². The van der Waals surface area contributed by atoms with E-state index in [4.69, 9.17) is 0 Å². The minimum atomic E-state index is -4.42. The zero-order chi connectivity index (χ0) is 16.4. The van der Waals surface area contributed by atoms with E-state index in [1.54, 1.807) is 6.92 Å². The zero-order valence-electron chi connectivity index (χ0n) is 12.2. The summed E-state index contributed by atoms with van der Waals surface area (Å²) in [5, 5.41) is 5.55. The highest BCUT2D eigenvalue weighted by Crippen LogP contribution is 2.34. The fourth-order valence-corrected chi connectivity index (χ4v) is 1.95. The second-order valence-electron chi connectivity index (χ2n) is 5.80. The Balaban J connectivity index is 2.90. The fourth-order valence-electron chi connectivity index (χ4n) is 1.59. The number of nitrogens with one attached hydrogen (secondary N) is 2. The van der Waals surface area contributed by atoms with Crippen LogP contribution in [0.15, 0.2) is 22.7 Å². The number of anilines is 1. The SMILES string of the molecule is CC(Nc1cc(C(F)(F)F)ccc1Br)C(=O)NC(C)(C)C. The van der Waals surface area contributed by atoms with E-state index < -0.39 is 23.3 Å². The number of alkyl halides is 3. The van der Waals surface area contributed by atoms with Crippen LogP contribution in [0.1, 0.15) is 33.3 Å². The number of hydrogen-bond donors (Lipinski definition) is 2. The van der Waals surface area contributed by atoms with Gasteiger partial charge in [0.15, 0.2) is 0 Å². The quantitative estimate of drug-likeness (QED) is 0.842. The highest BCUT2D eigenvalue weighted by atomic mass is 79.9. The van der Waals surface area contributed by atoms with Gasteiger partial charge < -0.3 is 10.6 Å². The second kappa shape index (κ2) is 6.25. The molecule has 1 atom stereocenters. The van der Waals surface area contributed by atoms with Crippen molar-refractivity contribution in [3.05, 3.63) is 28.2 Å². The molecule has 0 saturated carbocycles. The van der Waals surface area contributed by atoms with Crippen molar-refractivity contribution < 1.29 is 18.0 Å². The molecule has 2 N–H and O–H groups in total. The van der Waals surface area contributed by atoms with Crippen molar-refractivity contribution in [1.29, 1.82) is 0 Å². The summed E-state index contributed by atoms with van der Waals surface area (Å²) >= 11 is 3.17. The number of benzene rings is 1. The molecule has 0 aliphatic carbocycles. The van der Waals surface area contributed by atoms with Crippen LogP contribution in [0.4, 0.5) is 18.9 Å². The Bertz CT molecular complexity index is 524. The summed E-state index contributed by atoms with van der Waals surface area (Å²) in [5.74, 6) is -0.285. The van der Waals surface area contributed by atoms with Crippen LogP contribution in [0.3, 0.4) is 0 Å². The largest absolute Gasteiger partial charge is 0.416 e. The summed E-state index contributed by atoms with van der Waals surface area (Å²) in [4.78, 5) is 11.9. The van der Waals surface area contributed by atoms with Crippen molar-refractivity contribution in [1.82, 2.24) is 5.32 Å². The lowest BCUT2D eigenvalue weighted by Gasteiger charge is -2.24. The summed E-state index contributed by atoms with van der Waals surface area (Å²) < 4.78 is 38.6. The molecule has 1 rings (SSSR count). The smallest absolute Gasteiger partial charge is 0.373 e. The van der Waals surface area contributed by atoms with Crippen LogP contribution in [-0.4, -0.2) is 17.5 Å². The van der Waals surface area contributed by atoms with Gasteiger partial charge in [-0.15, -0.1) is 0 Å². The number of carbonyl (C=O) groups excluding carboxylic acids is 1. The minimum absolute atomic E-state index is 0.224. The molecule has 0 aliphatic rings. The van der Waals surface area contributed by atoms with Crippen LogP contribution in [0, 0.1) is 0 Å². The van der Waals surface area contributed by atoms with E-state index >= 15 is 0 Å². The average Bonchev–Trinajstić information content (AvgIpc) is 2.28. The third-order valence-corrected chi connectivity index (χ3v) is 3.25. The molecule has 21 heavy (non-hydrogen) atoms. The maximum Gasteiger partial charge on any atom is 0.416 e. The van der Waals surface area contributed by atoms with E-state index in [1.807, 2.05) is 20.8 Å². The molecule has 1 aromatic rings. The predicted octanol–water partition coefficient (Wildman–Crippen LogP) is 4.18. The van der Waals surface area contributed by atoms with Gasteiger partial charge in [0.25, 0.3) is 0 Å². The van der Waals surface area contributed by atoms with Gasteiger partial charge in [-0.25, -0.2) is 0 Å². The summed E-state index contributed by atoms with van der Waals surface area (Å²) in [6.45, 7) is 7.08. The zero-order valence-corrected chi connectivity index (χ0v) is 13.8. The van der Waals surface area contributed by atoms with E-state index in [1.165, 1.54) is 6.07 Å². The highest BCUT2D eigenvalue weighted by molar-refractivity contribution is 9.10. The average molecular weight is 367 g/mol. The van der Waals surface area contributed by atoms with Crippen LogP contribution in [0.2, 0.25) is 0 Å². The Labute approximate surface area is 130 Å². The third kappa shape index (κ3) is 5.57. The van der Waals surface area contributed by atoms with Crippen LogP contribution < -0.4 is 10.6 Å². The van der Waals surface area contributed by atoms with Gasteiger partial charge in [-0.05, 0) is 61.8 Å². The lowest BCUT2D eigenvalue weighted by molar-refractivity contribution is -0.137. The molecule has 0 fully saturated rings. The molecule has 1 unspecified atom stereocenters. The lowest BCUT2D eigenvalue weighted by Crippen LogP contribution is -2.47. The molecule has 0 aromatic heterocycles. The van der Waals surface area contributed by atoms with Crippen molar-refractivity contribution in [3.63, 3.8) is 0 Å². The fraction of sp³-hybridized carbons (Fsp3) is 0.500. The van der Waals surface area contributed by atoms with E-state index in [0.29, 0.717) is 4.47 Å². The van der Waals surface area contributed by atoms with Gasteiger partial charge >= 0.3 is 6.18 Å². The second-order valence-corrected chi connectivity index (χ2v) is 6.65. The van der Waals surface area contributed by atoms with Gasteiger partial charge in [0.1, 0.15) is 6.04 Å². The van der Waals surface area contributed by atoms with Crippen LogP contribution in [0.5, 0.6) is 0 Å². The first-order chi connectivity index (χ1) is 9.40. The Morgan fingerprint density at radius 3 is 2.29 bits per heavy atom. The Morgan fingerprint density at radius 2 is 1.81 bits per heavy atom. The normalized spacial score (nSPS) is 13.7. The summed E-state index contributed by atoms with van der Waals surface area (Å²) in [7, 11) is 0. The maximum absolute atomic E-state index is 12.7. The van der Waals surface area contributed by atoms with Crippen molar-refractivity contribution in [2.75, 3.05) is 5.32 Å². The molecule has 0 heterocycles. The first kappa shape index (κ1) is 17.8.